The highest BCUT2D eigenvalue weighted by Gasteiger charge is 2.10. The third kappa shape index (κ3) is 2.60. The van der Waals surface area contributed by atoms with Gasteiger partial charge < -0.3 is 4.42 Å². The van der Waals surface area contributed by atoms with Crippen LogP contribution in [0.4, 0.5) is 0 Å². The molecule has 0 radical (unpaired) electrons. The summed E-state index contributed by atoms with van der Waals surface area (Å²) in [6.45, 7) is 0. The summed E-state index contributed by atoms with van der Waals surface area (Å²) in [5.74, 6) is 0. The zero-order valence-corrected chi connectivity index (χ0v) is 13.1. The van der Waals surface area contributed by atoms with Crippen molar-refractivity contribution in [3.05, 3.63) is 71.9 Å². The van der Waals surface area contributed by atoms with Crippen molar-refractivity contribution in [3.8, 4) is 11.1 Å². The molecular formula is C19H15N3O2. The Balaban J connectivity index is 1.66. The van der Waals surface area contributed by atoms with Gasteiger partial charge in [0.1, 0.15) is 11.2 Å². The van der Waals surface area contributed by atoms with Crippen LogP contribution in [-0.4, -0.2) is 21.1 Å². The van der Waals surface area contributed by atoms with Crippen LogP contribution in [-0.2, 0) is 13.5 Å². The molecule has 0 atom stereocenters. The Labute approximate surface area is 138 Å². The van der Waals surface area contributed by atoms with Crippen molar-refractivity contribution in [2.45, 2.75) is 6.42 Å². The number of carbonyl (C=O) groups is 1. The lowest BCUT2D eigenvalue weighted by Gasteiger charge is -2.05. The summed E-state index contributed by atoms with van der Waals surface area (Å²) >= 11 is 0. The highest BCUT2D eigenvalue weighted by atomic mass is 16.3. The van der Waals surface area contributed by atoms with Gasteiger partial charge in [-0.2, -0.15) is 5.10 Å². The van der Waals surface area contributed by atoms with Crippen molar-refractivity contribution in [2.75, 3.05) is 0 Å². The number of hydrogen-bond donors (Lipinski definition) is 0. The molecule has 0 saturated heterocycles. The van der Waals surface area contributed by atoms with E-state index in [4.69, 9.17) is 4.42 Å². The van der Waals surface area contributed by atoms with E-state index in [1.54, 1.807) is 23.1 Å². The average Bonchev–Trinajstić information content (AvgIpc) is 3.24. The quantitative estimate of drug-likeness (QED) is 0.539. The van der Waals surface area contributed by atoms with E-state index in [1.807, 2.05) is 19.4 Å². The minimum atomic E-state index is 0.422. The number of rotatable bonds is 4. The molecule has 0 fully saturated rings. The third-order valence-electron chi connectivity index (χ3n) is 4.02. The second-order valence-electron chi connectivity index (χ2n) is 5.74. The second kappa shape index (κ2) is 5.77. The number of pyridine rings is 1. The van der Waals surface area contributed by atoms with Gasteiger partial charge in [0.2, 0.25) is 0 Å². The summed E-state index contributed by atoms with van der Waals surface area (Å²) in [5.41, 5.74) is 6.18. The van der Waals surface area contributed by atoms with Gasteiger partial charge in [-0.1, -0.05) is 24.3 Å². The van der Waals surface area contributed by atoms with Gasteiger partial charge in [-0.05, 0) is 17.2 Å². The first-order valence-electron chi connectivity index (χ1n) is 7.63. The maximum Gasteiger partial charge on any atom is 0.168 e. The fourth-order valence-electron chi connectivity index (χ4n) is 2.84. The van der Waals surface area contributed by atoms with E-state index in [1.165, 1.54) is 0 Å². The van der Waals surface area contributed by atoms with Gasteiger partial charge in [-0.15, -0.1) is 0 Å². The monoisotopic (exact) mass is 317 g/mol. The van der Waals surface area contributed by atoms with Gasteiger partial charge in [0.15, 0.2) is 11.9 Å². The van der Waals surface area contributed by atoms with E-state index < -0.39 is 0 Å². The van der Waals surface area contributed by atoms with Crippen molar-refractivity contribution in [2.24, 2.45) is 7.05 Å². The minimum Gasteiger partial charge on any atom is -0.462 e. The molecule has 118 valence electrons. The fraction of sp³-hybridized carbons (Fsp3) is 0.105. The Morgan fingerprint density at radius 3 is 2.71 bits per heavy atom. The summed E-state index contributed by atoms with van der Waals surface area (Å²) in [5, 5.41) is 4.19. The maximum absolute atomic E-state index is 11.1. The van der Waals surface area contributed by atoms with Crippen molar-refractivity contribution in [1.29, 1.82) is 0 Å². The number of fused-ring (bicyclic) bond motifs is 1. The van der Waals surface area contributed by atoms with Gasteiger partial charge in [-0.25, -0.2) is 4.98 Å². The van der Waals surface area contributed by atoms with Crippen LogP contribution in [0.1, 0.15) is 21.6 Å². The summed E-state index contributed by atoms with van der Waals surface area (Å²) < 4.78 is 7.31. The van der Waals surface area contributed by atoms with E-state index in [-0.39, 0.29) is 0 Å². The molecule has 0 amide bonds. The number of aldehydes is 1. The minimum absolute atomic E-state index is 0.422. The van der Waals surface area contributed by atoms with Gasteiger partial charge in [0.25, 0.3) is 0 Å². The predicted molar refractivity (Wildman–Crippen MR) is 90.8 cm³/mol. The summed E-state index contributed by atoms with van der Waals surface area (Å²) in [6, 6.07) is 11.9. The lowest BCUT2D eigenvalue weighted by molar-refractivity contribution is 0.111. The SMILES string of the molecule is Cn1cc(-c2ccc(Cc3cc(C=O)nc4ccoc34)cc2)cn1. The Bertz CT molecular complexity index is 1010. The van der Waals surface area contributed by atoms with Crippen molar-refractivity contribution in [1.82, 2.24) is 14.8 Å². The molecule has 0 aliphatic heterocycles. The lowest BCUT2D eigenvalue weighted by atomic mass is 10.0. The lowest BCUT2D eigenvalue weighted by Crippen LogP contribution is -1.94. The Morgan fingerprint density at radius 1 is 1.17 bits per heavy atom. The molecule has 0 unspecified atom stereocenters. The molecular weight excluding hydrogens is 302 g/mol. The zero-order chi connectivity index (χ0) is 16.5. The largest absolute Gasteiger partial charge is 0.462 e. The van der Waals surface area contributed by atoms with Crippen LogP contribution >= 0.6 is 0 Å². The van der Waals surface area contributed by atoms with Gasteiger partial charge in [0.05, 0.1) is 12.5 Å². The van der Waals surface area contributed by atoms with Gasteiger partial charge in [0, 0.05) is 36.9 Å². The molecule has 4 aromatic rings. The zero-order valence-electron chi connectivity index (χ0n) is 13.1. The Hall–Kier alpha value is -3.21. The molecule has 3 aromatic heterocycles. The smallest absolute Gasteiger partial charge is 0.168 e. The van der Waals surface area contributed by atoms with E-state index >= 15 is 0 Å². The number of aryl methyl sites for hydroxylation is 1. The van der Waals surface area contributed by atoms with E-state index in [2.05, 4.69) is 34.3 Å². The molecule has 0 N–H and O–H groups in total. The van der Waals surface area contributed by atoms with E-state index in [9.17, 15) is 4.79 Å². The molecule has 3 heterocycles. The van der Waals surface area contributed by atoms with Crippen LogP contribution in [0.2, 0.25) is 0 Å². The van der Waals surface area contributed by atoms with Crippen molar-refractivity contribution >= 4 is 17.4 Å². The highest BCUT2D eigenvalue weighted by Crippen LogP contribution is 2.24. The van der Waals surface area contributed by atoms with Gasteiger partial charge in [-0.3, -0.25) is 9.48 Å². The summed E-state index contributed by atoms with van der Waals surface area (Å²) in [4.78, 5) is 15.3. The van der Waals surface area contributed by atoms with E-state index in [0.717, 1.165) is 34.1 Å². The van der Waals surface area contributed by atoms with Crippen LogP contribution in [0.5, 0.6) is 0 Å². The number of aromatic nitrogens is 3. The van der Waals surface area contributed by atoms with Crippen LogP contribution < -0.4 is 0 Å². The number of carbonyl (C=O) groups excluding carboxylic acids is 1. The number of benzene rings is 1. The summed E-state index contributed by atoms with van der Waals surface area (Å²) in [6.07, 6.45) is 6.88. The Kier molecular flexibility index (Phi) is 3.46. The number of furan rings is 1. The van der Waals surface area contributed by atoms with Crippen LogP contribution in [0.25, 0.3) is 22.2 Å². The highest BCUT2D eigenvalue weighted by molar-refractivity contribution is 5.83. The predicted octanol–water partition coefficient (Wildman–Crippen LogP) is 3.63. The standard InChI is InChI=1S/C19H15N3O2/c1-22-11-16(10-20-22)14-4-2-13(3-5-14)8-15-9-17(12-23)21-18-6-7-24-19(15)18/h2-7,9-12H,8H2,1H3. The first kappa shape index (κ1) is 14.4. The van der Waals surface area contributed by atoms with E-state index in [0.29, 0.717) is 17.6 Å². The topological polar surface area (TPSA) is 60.9 Å². The first-order chi connectivity index (χ1) is 11.7. The Morgan fingerprint density at radius 2 is 2.00 bits per heavy atom. The molecule has 5 heteroatoms. The number of nitrogens with zero attached hydrogens (tertiary/aromatic N) is 3. The second-order valence-corrected chi connectivity index (χ2v) is 5.74. The molecule has 24 heavy (non-hydrogen) atoms. The first-order valence-corrected chi connectivity index (χ1v) is 7.63. The van der Waals surface area contributed by atoms with Crippen molar-refractivity contribution in [3.63, 3.8) is 0 Å². The molecule has 4 rings (SSSR count). The molecule has 0 aliphatic carbocycles. The summed E-state index contributed by atoms with van der Waals surface area (Å²) in [7, 11) is 1.90. The maximum atomic E-state index is 11.1. The molecule has 0 spiro atoms. The molecule has 0 saturated carbocycles. The number of hydrogen-bond acceptors (Lipinski definition) is 4. The van der Waals surface area contributed by atoms with Crippen LogP contribution in [0.3, 0.4) is 0 Å². The van der Waals surface area contributed by atoms with Gasteiger partial charge >= 0.3 is 0 Å². The van der Waals surface area contributed by atoms with Crippen LogP contribution in [0, 0.1) is 0 Å². The normalized spacial score (nSPS) is 11.0. The van der Waals surface area contributed by atoms with Crippen LogP contribution in [0.15, 0.2) is 59.5 Å². The molecule has 0 aliphatic rings. The molecule has 5 nitrogen and oxygen atoms in total. The molecule has 1 aromatic carbocycles. The third-order valence-corrected chi connectivity index (χ3v) is 4.02. The molecule has 0 bridgehead atoms. The average molecular weight is 317 g/mol. The fourth-order valence-corrected chi connectivity index (χ4v) is 2.84. The van der Waals surface area contributed by atoms with Crippen molar-refractivity contribution < 1.29 is 9.21 Å².